The minimum absolute atomic E-state index is 0.184. The van der Waals surface area contributed by atoms with Crippen molar-refractivity contribution in [3.63, 3.8) is 0 Å². The molecule has 1 aromatic carbocycles. The van der Waals surface area contributed by atoms with Crippen molar-refractivity contribution in [2.45, 2.75) is 25.8 Å². The van der Waals surface area contributed by atoms with Gasteiger partial charge in [-0.05, 0) is 31.4 Å². The van der Waals surface area contributed by atoms with Gasteiger partial charge in [-0.3, -0.25) is 14.6 Å². The number of benzene rings is 1. The molecule has 0 unspecified atom stereocenters. The van der Waals surface area contributed by atoms with Crippen molar-refractivity contribution >= 4 is 5.91 Å². The zero-order valence-corrected chi connectivity index (χ0v) is 14.0. The number of rotatable bonds is 7. The minimum atomic E-state index is 0.184. The molecule has 0 spiro atoms. The summed E-state index contributed by atoms with van der Waals surface area (Å²) in [6, 6.07) is 8.59. The predicted molar refractivity (Wildman–Crippen MR) is 90.7 cm³/mol. The van der Waals surface area contributed by atoms with Crippen LogP contribution in [0.4, 0.5) is 0 Å². The average molecular weight is 317 g/mol. The second-order valence-corrected chi connectivity index (χ2v) is 6.57. The molecule has 0 bridgehead atoms. The number of nitrogens with zero attached hydrogens (tertiary/aromatic N) is 2. The molecule has 1 amide bonds. The van der Waals surface area contributed by atoms with Crippen molar-refractivity contribution < 1.29 is 9.53 Å². The van der Waals surface area contributed by atoms with E-state index in [2.05, 4.69) is 28.1 Å². The van der Waals surface area contributed by atoms with Crippen LogP contribution in [0.2, 0.25) is 0 Å². The van der Waals surface area contributed by atoms with Gasteiger partial charge in [0.1, 0.15) is 12.4 Å². The van der Waals surface area contributed by atoms with Crippen LogP contribution in [-0.2, 0) is 4.79 Å². The van der Waals surface area contributed by atoms with Crippen LogP contribution < -0.4 is 10.1 Å². The Hall–Kier alpha value is -1.59. The smallest absolute Gasteiger partial charge is 0.234 e. The number of amides is 1. The van der Waals surface area contributed by atoms with Crippen LogP contribution in [0.25, 0.3) is 0 Å². The van der Waals surface area contributed by atoms with Gasteiger partial charge in [0.25, 0.3) is 0 Å². The van der Waals surface area contributed by atoms with E-state index in [9.17, 15) is 4.79 Å². The molecule has 1 saturated heterocycles. The van der Waals surface area contributed by atoms with Gasteiger partial charge in [0, 0.05) is 38.8 Å². The number of para-hydroxylation sites is 1. The minimum Gasteiger partial charge on any atom is -0.492 e. The summed E-state index contributed by atoms with van der Waals surface area (Å²) in [5.74, 6) is 1.16. The number of carbonyl (C=O) groups excluding carboxylic acids is 1. The van der Waals surface area contributed by atoms with Crippen LogP contribution in [-0.4, -0.2) is 67.6 Å². The summed E-state index contributed by atoms with van der Waals surface area (Å²) < 4.78 is 5.86. The van der Waals surface area contributed by atoms with Crippen molar-refractivity contribution in [2.24, 2.45) is 0 Å². The fraction of sp³-hybridized carbons (Fsp3) is 0.611. The van der Waals surface area contributed by atoms with Gasteiger partial charge in [-0.2, -0.15) is 0 Å². The van der Waals surface area contributed by atoms with Crippen LogP contribution >= 0.6 is 0 Å². The molecule has 2 fully saturated rings. The molecule has 5 nitrogen and oxygen atoms in total. The summed E-state index contributed by atoms with van der Waals surface area (Å²) in [4.78, 5) is 16.5. The zero-order valence-electron chi connectivity index (χ0n) is 14.0. The molecule has 0 radical (unpaired) electrons. The Balaban J connectivity index is 1.31. The summed E-state index contributed by atoms with van der Waals surface area (Å²) in [6.45, 7) is 8.21. The molecule has 1 aliphatic carbocycles. The topological polar surface area (TPSA) is 44.8 Å². The summed E-state index contributed by atoms with van der Waals surface area (Å²) in [5, 5.41) is 3.06. The molecule has 1 aromatic rings. The van der Waals surface area contributed by atoms with E-state index in [0.29, 0.717) is 19.2 Å². The van der Waals surface area contributed by atoms with Crippen LogP contribution in [0, 0.1) is 6.92 Å². The average Bonchev–Trinajstić information content (AvgIpc) is 3.35. The largest absolute Gasteiger partial charge is 0.492 e. The number of hydrogen-bond donors (Lipinski definition) is 1. The standard InChI is InChI=1S/C18H27N3O2/c1-15-4-2-3-5-17(15)23-13-12-20-8-10-21(11-9-20)14-18(22)19-16-6-7-16/h2-5,16H,6-14H2,1H3,(H,19,22). The molecule has 1 heterocycles. The van der Waals surface area contributed by atoms with Gasteiger partial charge in [0.2, 0.25) is 5.91 Å². The molecule has 1 aliphatic heterocycles. The highest BCUT2D eigenvalue weighted by molar-refractivity contribution is 5.78. The lowest BCUT2D eigenvalue weighted by Crippen LogP contribution is -2.50. The first kappa shape index (κ1) is 16.3. The number of aryl methyl sites for hydroxylation is 1. The SMILES string of the molecule is Cc1ccccc1OCCN1CCN(CC(=O)NC2CC2)CC1. The maximum atomic E-state index is 11.8. The Morgan fingerprint density at radius 3 is 2.57 bits per heavy atom. The van der Waals surface area contributed by atoms with E-state index in [0.717, 1.165) is 51.3 Å². The second kappa shape index (κ2) is 7.79. The molecule has 0 aromatic heterocycles. The molecule has 0 atom stereocenters. The van der Waals surface area contributed by atoms with Gasteiger partial charge in [-0.25, -0.2) is 0 Å². The molecule has 2 aliphatic rings. The third-order valence-electron chi connectivity index (χ3n) is 4.53. The Morgan fingerprint density at radius 2 is 1.87 bits per heavy atom. The van der Waals surface area contributed by atoms with Crippen molar-refractivity contribution in [1.29, 1.82) is 0 Å². The lowest BCUT2D eigenvalue weighted by Gasteiger charge is -2.34. The van der Waals surface area contributed by atoms with E-state index in [1.54, 1.807) is 0 Å². The Labute approximate surface area is 138 Å². The zero-order chi connectivity index (χ0) is 16.1. The Kier molecular flexibility index (Phi) is 5.51. The fourth-order valence-corrected chi connectivity index (χ4v) is 2.88. The van der Waals surface area contributed by atoms with Crippen LogP contribution in [0.15, 0.2) is 24.3 Å². The summed E-state index contributed by atoms with van der Waals surface area (Å²) in [5.41, 5.74) is 1.18. The normalized spacial score (nSPS) is 19.5. The molecule has 3 rings (SSSR count). The molecule has 23 heavy (non-hydrogen) atoms. The molecule has 1 saturated carbocycles. The number of nitrogens with one attached hydrogen (secondary N) is 1. The highest BCUT2D eigenvalue weighted by Crippen LogP contribution is 2.18. The monoisotopic (exact) mass is 317 g/mol. The lowest BCUT2D eigenvalue weighted by atomic mass is 10.2. The maximum absolute atomic E-state index is 11.8. The Bertz CT molecular complexity index is 523. The number of hydrogen-bond acceptors (Lipinski definition) is 4. The first-order valence-electron chi connectivity index (χ1n) is 8.63. The van der Waals surface area contributed by atoms with E-state index in [-0.39, 0.29) is 5.91 Å². The lowest BCUT2D eigenvalue weighted by molar-refractivity contribution is -0.122. The molecule has 126 valence electrons. The molecule has 5 heteroatoms. The third-order valence-corrected chi connectivity index (χ3v) is 4.53. The van der Waals surface area contributed by atoms with Crippen LogP contribution in [0.1, 0.15) is 18.4 Å². The van der Waals surface area contributed by atoms with E-state index >= 15 is 0 Å². The van der Waals surface area contributed by atoms with Crippen molar-refractivity contribution in [3.8, 4) is 5.75 Å². The Morgan fingerprint density at radius 1 is 1.17 bits per heavy atom. The number of piperazine rings is 1. The summed E-state index contributed by atoms with van der Waals surface area (Å²) in [7, 11) is 0. The predicted octanol–water partition coefficient (Wildman–Crippen LogP) is 1.27. The molecular weight excluding hydrogens is 290 g/mol. The fourth-order valence-electron chi connectivity index (χ4n) is 2.88. The van der Waals surface area contributed by atoms with Gasteiger partial charge in [0.15, 0.2) is 0 Å². The quantitative estimate of drug-likeness (QED) is 0.823. The summed E-state index contributed by atoms with van der Waals surface area (Å²) >= 11 is 0. The van der Waals surface area contributed by atoms with Crippen LogP contribution in [0.3, 0.4) is 0 Å². The maximum Gasteiger partial charge on any atom is 0.234 e. The highest BCUT2D eigenvalue weighted by atomic mass is 16.5. The first-order chi connectivity index (χ1) is 11.2. The van der Waals surface area contributed by atoms with Gasteiger partial charge >= 0.3 is 0 Å². The van der Waals surface area contributed by atoms with Gasteiger partial charge in [0.05, 0.1) is 6.54 Å². The van der Waals surface area contributed by atoms with Gasteiger partial charge < -0.3 is 10.1 Å². The number of carbonyl (C=O) groups is 1. The van der Waals surface area contributed by atoms with E-state index in [1.807, 2.05) is 18.2 Å². The van der Waals surface area contributed by atoms with Gasteiger partial charge in [-0.15, -0.1) is 0 Å². The molecular formula is C18H27N3O2. The second-order valence-electron chi connectivity index (χ2n) is 6.57. The van der Waals surface area contributed by atoms with Gasteiger partial charge in [-0.1, -0.05) is 18.2 Å². The number of ether oxygens (including phenoxy) is 1. The third kappa shape index (κ3) is 5.22. The molecule has 1 N–H and O–H groups in total. The summed E-state index contributed by atoms with van der Waals surface area (Å²) in [6.07, 6.45) is 2.31. The van der Waals surface area contributed by atoms with E-state index < -0.39 is 0 Å². The van der Waals surface area contributed by atoms with E-state index in [1.165, 1.54) is 5.56 Å². The van der Waals surface area contributed by atoms with Crippen LogP contribution in [0.5, 0.6) is 5.75 Å². The van der Waals surface area contributed by atoms with E-state index in [4.69, 9.17) is 4.74 Å². The van der Waals surface area contributed by atoms with Crippen molar-refractivity contribution in [2.75, 3.05) is 45.9 Å². The van der Waals surface area contributed by atoms with Crippen molar-refractivity contribution in [3.05, 3.63) is 29.8 Å². The van der Waals surface area contributed by atoms with Crippen molar-refractivity contribution in [1.82, 2.24) is 15.1 Å². The highest BCUT2D eigenvalue weighted by Gasteiger charge is 2.25. The first-order valence-corrected chi connectivity index (χ1v) is 8.63.